The van der Waals surface area contributed by atoms with Crippen LogP contribution in [-0.4, -0.2) is 24.5 Å². The van der Waals surface area contributed by atoms with E-state index in [9.17, 15) is 4.79 Å². The summed E-state index contributed by atoms with van der Waals surface area (Å²) >= 11 is 1.36. The molecule has 21 heavy (non-hydrogen) atoms. The number of thiophene rings is 1. The number of rotatable bonds is 4. The van der Waals surface area contributed by atoms with E-state index in [0.717, 1.165) is 5.56 Å². The number of ether oxygens (including phenoxy) is 1. The lowest BCUT2D eigenvalue weighted by Gasteiger charge is -2.05. The fraction of sp³-hybridized carbons (Fsp3) is 0.200. The Kier molecular flexibility index (Phi) is 5.32. The molecule has 3 N–H and O–H groups in total. The standard InChI is InChI=1S/C15H15N3O2S/c1-20-13-5-4-11(9-17-13)10-18-15(19)14-12(3-2-7-16)6-8-21-14/h4-6,8-9H,7,10,16H2,1H3,(H,18,19). The first-order valence-electron chi connectivity index (χ1n) is 6.28. The van der Waals surface area contributed by atoms with Gasteiger partial charge in [-0.3, -0.25) is 4.79 Å². The van der Waals surface area contributed by atoms with Gasteiger partial charge in [-0.15, -0.1) is 11.3 Å². The third-order valence-corrected chi connectivity index (χ3v) is 3.57. The number of nitrogens with two attached hydrogens (primary N) is 1. The molecule has 0 spiro atoms. The highest BCUT2D eigenvalue weighted by Crippen LogP contribution is 2.16. The largest absolute Gasteiger partial charge is 0.481 e. The first-order chi connectivity index (χ1) is 10.2. The number of aromatic nitrogens is 1. The molecule has 0 aliphatic rings. The molecule has 6 heteroatoms. The average Bonchev–Trinajstić information content (AvgIpc) is 2.99. The number of carbonyl (C=O) groups is 1. The van der Waals surface area contributed by atoms with E-state index in [2.05, 4.69) is 22.1 Å². The summed E-state index contributed by atoms with van der Waals surface area (Å²) in [4.78, 5) is 16.8. The molecule has 0 saturated carbocycles. The molecular formula is C15H15N3O2S. The summed E-state index contributed by atoms with van der Waals surface area (Å²) in [7, 11) is 1.56. The zero-order chi connectivity index (χ0) is 15.1. The van der Waals surface area contributed by atoms with Crippen molar-refractivity contribution in [3.63, 3.8) is 0 Å². The smallest absolute Gasteiger partial charge is 0.262 e. The maximum absolute atomic E-state index is 12.1. The van der Waals surface area contributed by atoms with Gasteiger partial charge >= 0.3 is 0 Å². The van der Waals surface area contributed by atoms with Gasteiger partial charge in [-0.1, -0.05) is 17.9 Å². The van der Waals surface area contributed by atoms with E-state index in [1.807, 2.05) is 17.5 Å². The fourth-order valence-electron chi connectivity index (χ4n) is 1.63. The second-order valence-corrected chi connectivity index (χ2v) is 4.98. The van der Waals surface area contributed by atoms with Crippen LogP contribution in [0.15, 0.2) is 29.8 Å². The van der Waals surface area contributed by atoms with Crippen LogP contribution in [0.3, 0.4) is 0 Å². The first-order valence-corrected chi connectivity index (χ1v) is 7.16. The summed E-state index contributed by atoms with van der Waals surface area (Å²) in [5.74, 6) is 6.04. The Morgan fingerprint density at radius 3 is 3.00 bits per heavy atom. The van der Waals surface area contributed by atoms with Crippen molar-refractivity contribution in [3.05, 3.63) is 45.8 Å². The van der Waals surface area contributed by atoms with Gasteiger partial charge in [-0.05, 0) is 17.0 Å². The normalized spacial score (nSPS) is 9.62. The molecule has 1 amide bonds. The number of pyridine rings is 1. The molecule has 2 aromatic rings. The van der Waals surface area contributed by atoms with Crippen LogP contribution in [0.5, 0.6) is 5.88 Å². The van der Waals surface area contributed by atoms with Crippen LogP contribution >= 0.6 is 11.3 Å². The van der Waals surface area contributed by atoms with E-state index in [4.69, 9.17) is 10.5 Å². The molecule has 0 atom stereocenters. The summed E-state index contributed by atoms with van der Waals surface area (Å²) in [6.07, 6.45) is 1.67. The molecule has 0 aromatic carbocycles. The molecule has 0 aliphatic carbocycles. The lowest BCUT2D eigenvalue weighted by atomic mass is 10.2. The number of hydrogen-bond acceptors (Lipinski definition) is 5. The summed E-state index contributed by atoms with van der Waals surface area (Å²) in [5, 5.41) is 4.68. The van der Waals surface area contributed by atoms with Gasteiger partial charge in [0.2, 0.25) is 5.88 Å². The minimum Gasteiger partial charge on any atom is -0.481 e. The van der Waals surface area contributed by atoms with E-state index in [1.165, 1.54) is 11.3 Å². The van der Waals surface area contributed by atoms with Gasteiger partial charge in [0.25, 0.3) is 5.91 Å². The molecule has 0 saturated heterocycles. The summed E-state index contributed by atoms with van der Waals surface area (Å²) in [6, 6.07) is 5.43. The average molecular weight is 301 g/mol. The Morgan fingerprint density at radius 2 is 2.33 bits per heavy atom. The lowest BCUT2D eigenvalue weighted by molar-refractivity contribution is 0.0955. The van der Waals surface area contributed by atoms with Crippen LogP contribution in [0.2, 0.25) is 0 Å². The van der Waals surface area contributed by atoms with Gasteiger partial charge in [-0.25, -0.2) is 4.98 Å². The number of hydrogen-bond donors (Lipinski definition) is 2. The molecule has 2 aromatic heterocycles. The van der Waals surface area contributed by atoms with Crippen molar-refractivity contribution in [2.75, 3.05) is 13.7 Å². The molecule has 0 aliphatic heterocycles. The molecular weight excluding hydrogens is 286 g/mol. The van der Waals surface area contributed by atoms with Crippen LogP contribution in [0, 0.1) is 11.8 Å². The van der Waals surface area contributed by atoms with Gasteiger partial charge < -0.3 is 15.8 Å². The number of nitrogens with one attached hydrogen (secondary N) is 1. The monoisotopic (exact) mass is 301 g/mol. The summed E-state index contributed by atoms with van der Waals surface area (Å²) in [6.45, 7) is 0.673. The van der Waals surface area contributed by atoms with E-state index in [-0.39, 0.29) is 12.5 Å². The second-order valence-electron chi connectivity index (χ2n) is 4.06. The van der Waals surface area contributed by atoms with E-state index >= 15 is 0 Å². The molecule has 0 bridgehead atoms. The lowest BCUT2D eigenvalue weighted by Crippen LogP contribution is -2.22. The maximum atomic E-state index is 12.1. The molecule has 0 fully saturated rings. The molecule has 2 rings (SSSR count). The van der Waals surface area contributed by atoms with Gasteiger partial charge in [0.15, 0.2) is 0 Å². The highest BCUT2D eigenvalue weighted by atomic mass is 32.1. The SMILES string of the molecule is COc1ccc(CNC(=O)c2sccc2C#CCN)cn1. The fourth-order valence-corrected chi connectivity index (χ4v) is 2.39. The minimum atomic E-state index is -0.151. The zero-order valence-corrected chi connectivity index (χ0v) is 12.4. The number of carbonyl (C=O) groups excluding carboxylic acids is 1. The minimum absolute atomic E-state index is 0.151. The Morgan fingerprint density at radius 1 is 1.48 bits per heavy atom. The maximum Gasteiger partial charge on any atom is 0.262 e. The molecule has 0 unspecified atom stereocenters. The van der Waals surface area contributed by atoms with Crippen LogP contribution in [-0.2, 0) is 6.54 Å². The van der Waals surface area contributed by atoms with E-state index < -0.39 is 0 Å². The summed E-state index contributed by atoms with van der Waals surface area (Å²) < 4.78 is 4.98. The van der Waals surface area contributed by atoms with Crippen LogP contribution < -0.4 is 15.8 Å². The zero-order valence-electron chi connectivity index (χ0n) is 11.6. The molecule has 108 valence electrons. The first kappa shape index (κ1) is 15.0. The van der Waals surface area contributed by atoms with Gasteiger partial charge in [-0.2, -0.15) is 0 Å². The Bertz CT molecular complexity index is 668. The van der Waals surface area contributed by atoms with E-state index in [0.29, 0.717) is 22.9 Å². The van der Waals surface area contributed by atoms with Crippen molar-refractivity contribution < 1.29 is 9.53 Å². The van der Waals surface area contributed by atoms with Crippen molar-refractivity contribution in [3.8, 4) is 17.7 Å². The predicted octanol–water partition coefficient (Wildman–Crippen LogP) is 1.39. The van der Waals surface area contributed by atoms with Crippen molar-refractivity contribution in [2.45, 2.75) is 6.54 Å². The Labute approximate surface area is 127 Å². The van der Waals surface area contributed by atoms with Gasteiger partial charge in [0.1, 0.15) is 4.88 Å². The van der Waals surface area contributed by atoms with E-state index in [1.54, 1.807) is 19.4 Å². The van der Waals surface area contributed by atoms with Crippen LogP contribution in [0.4, 0.5) is 0 Å². The second kappa shape index (κ2) is 7.43. The van der Waals surface area contributed by atoms with Gasteiger partial charge in [0.05, 0.1) is 13.7 Å². The summed E-state index contributed by atoms with van der Waals surface area (Å²) in [5.41, 5.74) is 6.94. The molecule has 2 heterocycles. The third-order valence-electron chi connectivity index (χ3n) is 2.66. The van der Waals surface area contributed by atoms with Crippen LogP contribution in [0.25, 0.3) is 0 Å². The Hall–Kier alpha value is -2.36. The van der Waals surface area contributed by atoms with Crippen molar-refractivity contribution >= 4 is 17.2 Å². The highest BCUT2D eigenvalue weighted by Gasteiger charge is 2.11. The van der Waals surface area contributed by atoms with Crippen molar-refractivity contribution in [1.82, 2.24) is 10.3 Å². The van der Waals surface area contributed by atoms with Gasteiger partial charge in [0, 0.05) is 24.4 Å². The third kappa shape index (κ3) is 4.05. The van der Waals surface area contributed by atoms with Crippen LogP contribution in [0.1, 0.15) is 20.8 Å². The Balaban J connectivity index is 1.99. The number of methoxy groups -OCH3 is 1. The highest BCUT2D eigenvalue weighted by molar-refractivity contribution is 7.12. The number of nitrogens with zero attached hydrogens (tertiary/aromatic N) is 1. The number of amides is 1. The molecule has 0 radical (unpaired) electrons. The van der Waals surface area contributed by atoms with Crippen molar-refractivity contribution in [2.24, 2.45) is 5.73 Å². The molecule has 5 nitrogen and oxygen atoms in total. The predicted molar refractivity (Wildman–Crippen MR) is 82.2 cm³/mol. The van der Waals surface area contributed by atoms with Crippen molar-refractivity contribution in [1.29, 1.82) is 0 Å². The quantitative estimate of drug-likeness (QED) is 0.837. The topological polar surface area (TPSA) is 77.2 Å².